The molecule has 2 spiro atoms. The SMILES string of the molecule is c1ccc2c(c1)-c1ccccc1C21c2ccccc2-c2ccc(-c3cc4nc(-c5ccc(-c6ccncc6)cc5)c(-c5ccc(-c6ccncc6)cc5)nc4cc3-c3ccc4c(c3)C3(c5ccccc5-c5ccccc53)c3ccccc3-4)cc21. The lowest BCUT2D eigenvalue weighted by Crippen LogP contribution is -2.25. The van der Waals surface area contributed by atoms with Crippen molar-refractivity contribution in [2.24, 2.45) is 0 Å². The van der Waals surface area contributed by atoms with Crippen LogP contribution in [0.1, 0.15) is 44.5 Å². The van der Waals surface area contributed by atoms with E-state index in [0.29, 0.717) is 0 Å². The van der Waals surface area contributed by atoms with E-state index >= 15 is 0 Å². The van der Waals surface area contributed by atoms with Crippen molar-refractivity contribution in [3.63, 3.8) is 0 Å². The van der Waals surface area contributed by atoms with E-state index in [1.165, 1.54) is 89.0 Å². The molecule has 0 fully saturated rings. The molecule has 0 atom stereocenters. The Morgan fingerprint density at radius 2 is 0.440 bits per heavy atom. The summed E-state index contributed by atoms with van der Waals surface area (Å²) in [6, 6.07) is 99.2. The lowest BCUT2D eigenvalue weighted by molar-refractivity contribution is 0.794. The molecule has 3 heterocycles. The minimum absolute atomic E-state index is 0.516. The van der Waals surface area contributed by atoms with Crippen molar-refractivity contribution in [2.75, 3.05) is 0 Å². The molecule has 4 heteroatoms. The highest BCUT2D eigenvalue weighted by atomic mass is 14.8. The van der Waals surface area contributed by atoms with Crippen molar-refractivity contribution in [1.29, 1.82) is 0 Å². The number of nitrogens with zero attached hydrogens (tertiary/aromatic N) is 4. The Labute approximate surface area is 486 Å². The molecule has 0 aliphatic heterocycles. The average Bonchev–Trinajstić information content (AvgIpc) is 1.58. The van der Waals surface area contributed by atoms with Crippen LogP contribution >= 0.6 is 0 Å². The van der Waals surface area contributed by atoms with Gasteiger partial charge >= 0.3 is 0 Å². The number of fused-ring (bicyclic) bond motifs is 21. The van der Waals surface area contributed by atoms with Gasteiger partial charge < -0.3 is 0 Å². The highest BCUT2D eigenvalue weighted by molar-refractivity contribution is 6.02. The van der Waals surface area contributed by atoms with Gasteiger partial charge in [0, 0.05) is 35.9 Å². The molecular formula is C80H48N4. The van der Waals surface area contributed by atoms with Crippen LogP contribution in [0, 0.1) is 0 Å². The minimum Gasteiger partial charge on any atom is -0.265 e. The Morgan fingerprint density at radius 3 is 0.750 bits per heavy atom. The van der Waals surface area contributed by atoms with Crippen molar-refractivity contribution in [1.82, 2.24) is 19.9 Å². The third kappa shape index (κ3) is 6.42. The van der Waals surface area contributed by atoms with E-state index in [1.807, 2.05) is 24.8 Å². The Kier molecular flexibility index (Phi) is 9.90. The van der Waals surface area contributed by atoms with Gasteiger partial charge in [-0.15, -0.1) is 0 Å². The number of hydrogen-bond acceptors (Lipinski definition) is 4. The molecule has 3 aromatic heterocycles. The van der Waals surface area contributed by atoms with Crippen molar-refractivity contribution in [3.8, 4) is 112 Å². The standard InChI is InChI=1S/C80H48N4/c1-7-19-67-57(13-1)58-14-2-8-20-68(58)79(67)71-23-11-5-17-61(71)63-35-33-55(45-73(63)79)65-47-75-76(84-78(54-31-27-50(28-32-54)52-39-43-82-44-40-52)77(83-75)53-29-25-49(26-30-53)51-37-41-81-42-38-51)48-66(65)56-34-36-64-62-18-6-12-24-72(62)80(74(64)46-56)69-21-9-3-15-59(69)60-16-4-10-22-70(60)80/h1-48H. The van der Waals surface area contributed by atoms with Crippen LogP contribution in [0.4, 0.5) is 0 Å². The van der Waals surface area contributed by atoms with Gasteiger partial charge in [0.25, 0.3) is 0 Å². The summed E-state index contributed by atoms with van der Waals surface area (Å²) in [5.74, 6) is 0. The van der Waals surface area contributed by atoms with Crippen LogP contribution in [0.5, 0.6) is 0 Å². The molecule has 0 unspecified atom stereocenters. The monoisotopic (exact) mass is 1060 g/mol. The van der Waals surface area contributed by atoms with Crippen molar-refractivity contribution in [2.45, 2.75) is 10.8 Å². The molecule has 4 aliphatic rings. The lowest BCUT2D eigenvalue weighted by atomic mass is 9.70. The largest absolute Gasteiger partial charge is 0.265 e. The molecule has 0 N–H and O–H groups in total. The second-order valence-electron chi connectivity index (χ2n) is 22.7. The van der Waals surface area contributed by atoms with Gasteiger partial charge in [0.2, 0.25) is 0 Å². The summed E-state index contributed by atoms with van der Waals surface area (Å²) in [5.41, 5.74) is 33.8. The van der Waals surface area contributed by atoms with Gasteiger partial charge in [-0.1, -0.05) is 218 Å². The third-order valence-electron chi connectivity index (χ3n) is 18.8. The zero-order valence-corrected chi connectivity index (χ0v) is 45.5. The first-order valence-corrected chi connectivity index (χ1v) is 28.9. The first-order chi connectivity index (χ1) is 41.6. The molecule has 0 saturated carbocycles. The van der Waals surface area contributed by atoms with Gasteiger partial charge in [0.05, 0.1) is 33.3 Å². The molecule has 0 saturated heterocycles. The summed E-state index contributed by atoms with van der Waals surface area (Å²) in [6.07, 6.45) is 7.37. The number of aromatic nitrogens is 4. The maximum absolute atomic E-state index is 5.77. The van der Waals surface area contributed by atoms with Crippen LogP contribution < -0.4 is 0 Å². The maximum atomic E-state index is 5.77. The van der Waals surface area contributed by atoms with E-state index < -0.39 is 10.8 Å². The van der Waals surface area contributed by atoms with Gasteiger partial charge in [0.1, 0.15) is 0 Å². The molecular weight excluding hydrogens is 1020 g/mol. The van der Waals surface area contributed by atoms with E-state index in [0.717, 1.165) is 78.1 Å². The van der Waals surface area contributed by atoms with E-state index in [9.17, 15) is 0 Å². The van der Waals surface area contributed by atoms with Gasteiger partial charge in [-0.3, -0.25) is 9.97 Å². The molecule has 84 heavy (non-hydrogen) atoms. The Bertz CT molecular complexity index is 4620. The highest BCUT2D eigenvalue weighted by Crippen LogP contribution is 2.65. The topological polar surface area (TPSA) is 51.6 Å². The first-order valence-electron chi connectivity index (χ1n) is 28.9. The smallest absolute Gasteiger partial charge is 0.0973 e. The fourth-order valence-electron chi connectivity index (χ4n) is 15.2. The van der Waals surface area contributed by atoms with Gasteiger partial charge in [-0.05, 0) is 182 Å². The molecule has 4 nitrogen and oxygen atoms in total. The highest BCUT2D eigenvalue weighted by Gasteiger charge is 2.53. The summed E-state index contributed by atoms with van der Waals surface area (Å²) in [6.45, 7) is 0. The average molecular weight is 1070 g/mol. The normalized spacial score (nSPS) is 13.7. The second kappa shape index (κ2) is 17.8. The molecule has 0 bridgehead atoms. The number of hydrogen-bond donors (Lipinski definition) is 0. The number of pyridine rings is 2. The second-order valence-corrected chi connectivity index (χ2v) is 22.7. The zero-order chi connectivity index (χ0) is 55.1. The molecule has 0 amide bonds. The lowest BCUT2D eigenvalue weighted by Gasteiger charge is -2.31. The van der Waals surface area contributed by atoms with E-state index in [-0.39, 0.29) is 0 Å². The fourth-order valence-corrected chi connectivity index (χ4v) is 15.2. The molecule has 0 radical (unpaired) electrons. The summed E-state index contributed by atoms with van der Waals surface area (Å²) >= 11 is 0. The van der Waals surface area contributed by atoms with Crippen LogP contribution in [0.15, 0.2) is 292 Å². The molecule has 14 aromatic rings. The number of benzene rings is 11. The first kappa shape index (κ1) is 46.8. The molecule has 18 rings (SSSR count). The summed E-state index contributed by atoms with van der Waals surface area (Å²) in [4.78, 5) is 20.1. The Hall–Kier alpha value is -10.9. The summed E-state index contributed by atoms with van der Waals surface area (Å²) in [5, 5.41) is 0. The number of rotatable bonds is 6. The minimum atomic E-state index is -0.516. The van der Waals surface area contributed by atoms with Gasteiger partial charge in [-0.25, -0.2) is 9.97 Å². The Balaban J connectivity index is 0.906. The Morgan fingerprint density at radius 1 is 0.190 bits per heavy atom. The van der Waals surface area contributed by atoms with Crippen molar-refractivity contribution < 1.29 is 0 Å². The fraction of sp³-hybridized carbons (Fsp3) is 0.0250. The molecule has 388 valence electrons. The molecule has 11 aromatic carbocycles. The third-order valence-corrected chi connectivity index (χ3v) is 18.8. The predicted octanol–water partition coefficient (Wildman–Crippen LogP) is 19.1. The summed E-state index contributed by atoms with van der Waals surface area (Å²) < 4.78 is 0. The van der Waals surface area contributed by atoms with E-state index in [2.05, 4.69) is 277 Å². The van der Waals surface area contributed by atoms with E-state index in [4.69, 9.17) is 9.97 Å². The van der Waals surface area contributed by atoms with Crippen molar-refractivity contribution in [3.05, 3.63) is 336 Å². The van der Waals surface area contributed by atoms with Crippen LogP contribution in [0.3, 0.4) is 0 Å². The zero-order valence-electron chi connectivity index (χ0n) is 45.5. The predicted molar refractivity (Wildman–Crippen MR) is 340 cm³/mol. The van der Waals surface area contributed by atoms with Crippen molar-refractivity contribution >= 4 is 11.0 Å². The summed E-state index contributed by atoms with van der Waals surface area (Å²) in [7, 11) is 0. The van der Waals surface area contributed by atoms with Crippen LogP contribution in [0.25, 0.3) is 123 Å². The van der Waals surface area contributed by atoms with Gasteiger partial charge in [0.15, 0.2) is 0 Å². The molecule has 4 aliphatic carbocycles. The van der Waals surface area contributed by atoms with Crippen LogP contribution in [-0.4, -0.2) is 19.9 Å². The van der Waals surface area contributed by atoms with E-state index in [1.54, 1.807) is 0 Å². The van der Waals surface area contributed by atoms with Crippen LogP contribution in [-0.2, 0) is 10.8 Å². The van der Waals surface area contributed by atoms with Gasteiger partial charge in [-0.2, -0.15) is 0 Å². The quantitative estimate of drug-likeness (QED) is 0.167. The van der Waals surface area contributed by atoms with Crippen LogP contribution in [0.2, 0.25) is 0 Å². The maximum Gasteiger partial charge on any atom is 0.0973 e.